The second-order valence-corrected chi connectivity index (χ2v) is 5.00. The summed E-state index contributed by atoms with van der Waals surface area (Å²) in [5.74, 6) is 0. The van der Waals surface area contributed by atoms with Crippen LogP contribution in [0.4, 0.5) is 0 Å². The van der Waals surface area contributed by atoms with Crippen LogP contribution in [0.3, 0.4) is 0 Å². The number of nitrogens with one attached hydrogen (secondary N) is 1. The van der Waals surface area contributed by atoms with Crippen LogP contribution in [0.25, 0.3) is 0 Å². The first-order chi connectivity index (χ1) is 8.77. The summed E-state index contributed by atoms with van der Waals surface area (Å²) in [5.41, 5.74) is 1.18. The minimum absolute atomic E-state index is 0.0673. The third-order valence-electron chi connectivity index (χ3n) is 2.51. The maximum atomic E-state index is 5.86. The molecule has 0 aliphatic heterocycles. The van der Waals surface area contributed by atoms with Crippen molar-refractivity contribution in [1.82, 2.24) is 5.32 Å². The molecule has 0 aliphatic carbocycles. The molecule has 0 radical (unpaired) electrons. The molecule has 0 spiro atoms. The number of likely N-dealkylation sites (N-methyl/N-ethyl adjacent to an activating group) is 1. The number of hydrogen-bond acceptors (Lipinski definition) is 3. The lowest BCUT2D eigenvalue weighted by Crippen LogP contribution is -2.21. The first-order valence-corrected chi connectivity index (χ1v) is 7.16. The Morgan fingerprint density at radius 1 is 1.28 bits per heavy atom. The Labute approximate surface area is 118 Å². The zero-order valence-corrected chi connectivity index (χ0v) is 12.7. The summed E-state index contributed by atoms with van der Waals surface area (Å²) in [6.45, 7) is 4.98. The number of halogens is 1. The molecular formula is C14H22BrNO2. The first-order valence-electron chi connectivity index (χ1n) is 6.37. The van der Waals surface area contributed by atoms with Crippen LogP contribution in [-0.2, 0) is 9.47 Å². The topological polar surface area (TPSA) is 30.5 Å². The molecule has 0 aromatic heterocycles. The summed E-state index contributed by atoms with van der Waals surface area (Å²) in [5, 5.41) is 3.16. The average molecular weight is 316 g/mol. The van der Waals surface area contributed by atoms with Gasteiger partial charge in [-0.05, 0) is 31.2 Å². The average Bonchev–Trinajstić information content (AvgIpc) is 2.37. The third-order valence-corrected chi connectivity index (χ3v) is 3.00. The van der Waals surface area contributed by atoms with Crippen LogP contribution in [0.5, 0.6) is 0 Å². The van der Waals surface area contributed by atoms with Crippen molar-refractivity contribution in [2.75, 3.05) is 33.4 Å². The Hall–Kier alpha value is -0.420. The molecule has 1 aromatic carbocycles. The maximum Gasteiger partial charge on any atom is 0.0950 e. The summed E-state index contributed by atoms with van der Waals surface area (Å²) >= 11 is 3.48. The fourth-order valence-corrected chi connectivity index (χ4v) is 2.08. The zero-order valence-electron chi connectivity index (χ0n) is 11.1. The van der Waals surface area contributed by atoms with Crippen molar-refractivity contribution >= 4 is 15.9 Å². The summed E-state index contributed by atoms with van der Waals surface area (Å²) in [7, 11) is 1.93. The van der Waals surface area contributed by atoms with E-state index >= 15 is 0 Å². The molecule has 1 rings (SSSR count). The summed E-state index contributed by atoms with van der Waals surface area (Å²) in [6.07, 6.45) is 1.11. The highest BCUT2D eigenvalue weighted by atomic mass is 79.9. The number of rotatable bonds is 9. The molecule has 1 aromatic rings. The molecule has 0 saturated heterocycles. The molecule has 0 heterocycles. The van der Waals surface area contributed by atoms with Gasteiger partial charge in [-0.2, -0.15) is 0 Å². The SMILES string of the molecule is CCCOCCOC(CNC)c1cccc(Br)c1. The molecule has 1 unspecified atom stereocenters. The Morgan fingerprint density at radius 2 is 2.11 bits per heavy atom. The molecule has 18 heavy (non-hydrogen) atoms. The van der Waals surface area contributed by atoms with Crippen molar-refractivity contribution in [2.45, 2.75) is 19.4 Å². The van der Waals surface area contributed by atoms with Gasteiger partial charge in [-0.1, -0.05) is 35.0 Å². The predicted molar refractivity (Wildman–Crippen MR) is 77.9 cm³/mol. The second-order valence-electron chi connectivity index (χ2n) is 4.08. The lowest BCUT2D eigenvalue weighted by molar-refractivity contribution is 0.00495. The second kappa shape index (κ2) is 9.50. The minimum Gasteiger partial charge on any atom is -0.379 e. The Kier molecular flexibility index (Phi) is 8.25. The van der Waals surface area contributed by atoms with Gasteiger partial charge in [-0.15, -0.1) is 0 Å². The molecule has 0 amide bonds. The van der Waals surface area contributed by atoms with Gasteiger partial charge in [-0.25, -0.2) is 0 Å². The highest BCUT2D eigenvalue weighted by Crippen LogP contribution is 2.20. The van der Waals surface area contributed by atoms with E-state index in [0.29, 0.717) is 13.2 Å². The van der Waals surface area contributed by atoms with Crippen LogP contribution in [-0.4, -0.2) is 33.4 Å². The van der Waals surface area contributed by atoms with Crippen molar-refractivity contribution in [3.8, 4) is 0 Å². The van der Waals surface area contributed by atoms with Crippen molar-refractivity contribution in [1.29, 1.82) is 0 Å². The summed E-state index contributed by atoms with van der Waals surface area (Å²) in [4.78, 5) is 0. The van der Waals surface area contributed by atoms with Crippen LogP contribution < -0.4 is 5.32 Å². The first kappa shape index (κ1) is 15.6. The number of benzene rings is 1. The monoisotopic (exact) mass is 315 g/mol. The van der Waals surface area contributed by atoms with Gasteiger partial charge < -0.3 is 14.8 Å². The lowest BCUT2D eigenvalue weighted by atomic mass is 10.1. The Bertz CT molecular complexity index is 333. The van der Waals surface area contributed by atoms with Crippen LogP contribution >= 0.6 is 15.9 Å². The molecular weight excluding hydrogens is 294 g/mol. The van der Waals surface area contributed by atoms with Gasteiger partial charge in [0, 0.05) is 17.6 Å². The smallest absolute Gasteiger partial charge is 0.0950 e. The Balaban J connectivity index is 2.44. The van der Waals surface area contributed by atoms with Gasteiger partial charge in [0.15, 0.2) is 0 Å². The zero-order chi connectivity index (χ0) is 13.2. The van der Waals surface area contributed by atoms with Crippen molar-refractivity contribution < 1.29 is 9.47 Å². The van der Waals surface area contributed by atoms with E-state index in [4.69, 9.17) is 9.47 Å². The van der Waals surface area contributed by atoms with Crippen molar-refractivity contribution in [2.24, 2.45) is 0 Å². The fraction of sp³-hybridized carbons (Fsp3) is 0.571. The molecule has 0 fully saturated rings. The largest absolute Gasteiger partial charge is 0.379 e. The predicted octanol–water partition coefficient (Wildman–Crippen LogP) is 3.15. The molecule has 0 aliphatic rings. The van der Waals surface area contributed by atoms with E-state index in [1.165, 1.54) is 5.56 Å². The van der Waals surface area contributed by atoms with E-state index in [2.05, 4.69) is 40.3 Å². The lowest BCUT2D eigenvalue weighted by Gasteiger charge is -2.18. The van der Waals surface area contributed by atoms with Gasteiger partial charge in [0.1, 0.15) is 0 Å². The maximum absolute atomic E-state index is 5.86. The fourth-order valence-electron chi connectivity index (χ4n) is 1.66. The molecule has 0 bridgehead atoms. The van der Waals surface area contributed by atoms with Crippen LogP contribution in [0, 0.1) is 0 Å². The Morgan fingerprint density at radius 3 is 2.78 bits per heavy atom. The highest BCUT2D eigenvalue weighted by molar-refractivity contribution is 9.10. The highest BCUT2D eigenvalue weighted by Gasteiger charge is 2.11. The van der Waals surface area contributed by atoms with E-state index < -0.39 is 0 Å². The van der Waals surface area contributed by atoms with Crippen LogP contribution in [0.1, 0.15) is 25.0 Å². The molecule has 102 valence electrons. The van der Waals surface area contributed by atoms with E-state index in [9.17, 15) is 0 Å². The van der Waals surface area contributed by atoms with Crippen LogP contribution in [0.2, 0.25) is 0 Å². The van der Waals surface area contributed by atoms with Gasteiger partial charge in [0.25, 0.3) is 0 Å². The summed E-state index contributed by atoms with van der Waals surface area (Å²) < 4.78 is 12.4. The van der Waals surface area contributed by atoms with Gasteiger partial charge in [-0.3, -0.25) is 0 Å². The van der Waals surface area contributed by atoms with E-state index in [1.807, 2.05) is 19.2 Å². The van der Waals surface area contributed by atoms with Crippen LogP contribution in [0.15, 0.2) is 28.7 Å². The van der Waals surface area contributed by atoms with E-state index in [1.54, 1.807) is 0 Å². The molecule has 4 heteroatoms. The molecule has 3 nitrogen and oxygen atoms in total. The normalized spacial score (nSPS) is 12.6. The van der Waals surface area contributed by atoms with Gasteiger partial charge in [0.2, 0.25) is 0 Å². The molecule has 1 N–H and O–H groups in total. The van der Waals surface area contributed by atoms with Gasteiger partial charge in [0.05, 0.1) is 19.3 Å². The summed E-state index contributed by atoms with van der Waals surface area (Å²) in [6, 6.07) is 8.22. The third kappa shape index (κ3) is 5.96. The molecule has 0 saturated carbocycles. The minimum atomic E-state index is 0.0673. The molecule has 1 atom stereocenters. The quantitative estimate of drug-likeness (QED) is 0.710. The van der Waals surface area contributed by atoms with Crippen molar-refractivity contribution in [3.63, 3.8) is 0 Å². The van der Waals surface area contributed by atoms with E-state index in [0.717, 1.165) is 24.0 Å². The standard InChI is InChI=1S/C14H22BrNO2/c1-3-7-17-8-9-18-14(11-16-2)12-5-4-6-13(15)10-12/h4-6,10,14,16H,3,7-9,11H2,1-2H3. The number of hydrogen-bond donors (Lipinski definition) is 1. The number of ether oxygens (including phenoxy) is 2. The van der Waals surface area contributed by atoms with E-state index in [-0.39, 0.29) is 6.10 Å². The van der Waals surface area contributed by atoms with Crippen molar-refractivity contribution in [3.05, 3.63) is 34.3 Å². The van der Waals surface area contributed by atoms with Gasteiger partial charge >= 0.3 is 0 Å².